The van der Waals surface area contributed by atoms with E-state index in [4.69, 9.17) is 10.00 Å². The summed E-state index contributed by atoms with van der Waals surface area (Å²) in [7, 11) is 0. The Morgan fingerprint density at radius 2 is 1.30 bits per heavy atom. The first-order valence-corrected chi connectivity index (χ1v) is 10.2. The minimum atomic E-state index is -0.395. The van der Waals surface area contributed by atoms with E-state index in [9.17, 15) is 14.7 Å². The highest BCUT2D eigenvalue weighted by Gasteiger charge is 2.22. The number of benzene rings is 4. The van der Waals surface area contributed by atoms with Crippen LogP contribution in [0.25, 0.3) is 0 Å². The fourth-order valence-electron chi connectivity index (χ4n) is 3.37. The smallest absolute Gasteiger partial charge is 0.196 e. The fraction of sp³-hybridized carbons (Fsp3) is 0.0357. The summed E-state index contributed by atoms with van der Waals surface area (Å²) in [5.41, 5.74) is 2.34. The molecule has 0 aliphatic rings. The molecular weight excluding hydrogens is 414 g/mol. The SMILES string of the molecule is N#Cc1ccc(COc2cc(O)c(C(=O)c3ccccc3)cc2C(=O)c2ccccc2)cc1. The van der Waals surface area contributed by atoms with E-state index in [-0.39, 0.29) is 35.0 Å². The van der Waals surface area contributed by atoms with Crippen LogP contribution in [0, 0.1) is 11.3 Å². The van der Waals surface area contributed by atoms with Crippen LogP contribution in [0.2, 0.25) is 0 Å². The van der Waals surface area contributed by atoms with Gasteiger partial charge in [-0.3, -0.25) is 9.59 Å². The molecule has 0 fully saturated rings. The van der Waals surface area contributed by atoms with Crippen molar-refractivity contribution in [3.63, 3.8) is 0 Å². The van der Waals surface area contributed by atoms with Crippen molar-refractivity contribution in [1.82, 2.24) is 0 Å². The van der Waals surface area contributed by atoms with Gasteiger partial charge in [0.05, 0.1) is 22.8 Å². The molecule has 160 valence electrons. The first kappa shape index (κ1) is 21.5. The number of hydrogen-bond acceptors (Lipinski definition) is 5. The van der Waals surface area contributed by atoms with Crippen LogP contribution in [-0.4, -0.2) is 16.7 Å². The Balaban J connectivity index is 1.72. The molecule has 0 amide bonds. The number of nitriles is 1. The van der Waals surface area contributed by atoms with Crippen molar-refractivity contribution in [3.8, 4) is 17.6 Å². The molecule has 0 spiro atoms. The molecule has 5 nitrogen and oxygen atoms in total. The molecule has 4 rings (SSSR count). The summed E-state index contributed by atoms with van der Waals surface area (Å²) in [4.78, 5) is 26.3. The summed E-state index contributed by atoms with van der Waals surface area (Å²) in [5.74, 6) is -0.833. The highest BCUT2D eigenvalue weighted by atomic mass is 16.5. The van der Waals surface area contributed by atoms with Crippen LogP contribution in [0.15, 0.2) is 97.1 Å². The maximum atomic E-state index is 13.3. The van der Waals surface area contributed by atoms with Crippen molar-refractivity contribution in [1.29, 1.82) is 5.26 Å². The molecule has 0 radical (unpaired) electrons. The minimum Gasteiger partial charge on any atom is -0.507 e. The molecule has 33 heavy (non-hydrogen) atoms. The predicted octanol–water partition coefficient (Wildman–Crippen LogP) is 5.30. The van der Waals surface area contributed by atoms with Gasteiger partial charge in [0.15, 0.2) is 11.6 Å². The van der Waals surface area contributed by atoms with Gasteiger partial charge in [0.1, 0.15) is 18.1 Å². The summed E-state index contributed by atoms with van der Waals surface area (Å²) in [6.45, 7) is 0.117. The lowest BCUT2D eigenvalue weighted by Gasteiger charge is -2.14. The van der Waals surface area contributed by atoms with Gasteiger partial charge in [-0.25, -0.2) is 0 Å². The first-order valence-electron chi connectivity index (χ1n) is 10.2. The van der Waals surface area contributed by atoms with Gasteiger partial charge < -0.3 is 9.84 Å². The van der Waals surface area contributed by atoms with E-state index in [2.05, 4.69) is 6.07 Å². The van der Waals surface area contributed by atoms with Crippen molar-refractivity contribution in [2.45, 2.75) is 6.61 Å². The minimum absolute atomic E-state index is 0.0196. The molecular formula is C28H19NO4. The van der Waals surface area contributed by atoms with Gasteiger partial charge in [0.25, 0.3) is 0 Å². The number of aromatic hydroxyl groups is 1. The number of rotatable bonds is 7. The lowest BCUT2D eigenvalue weighted by molar-refractivity contribution is 0.103. The molecule has 0 unspecified atom stereocenters. The van der Waals surface area contributed by atoms with Gasteiger partial charge in [-0.05, 0) is 23.8 Å². The third-order valence-electron chi connectivity index (χ3n) is 5.14. The standard InChI is InChI=1S/C28H19NO4/c29-17-19-11-13-20(14-12-19)18-33-26-16-25(30)23(27(31)21-7-3-1-4-8-21)15-24(26)28(32)22-9-5-2-6-10-22/h1-16,30H,18H2. The van der Waals surface area contributed by atoms with Crippen molar-refractivity contribution < 1.29 is 19.4 Å². The van der Waals surface area contributed by atoms with Gasteiger partial charge in [0, 0.05) is 17.2 Å². The molecule has 0 aromatic heterocycles. The van der Waals surface area contributed by atoms with Crippen LogP contribution in [0.1, 0.15) is 43.0 Å². The highest BCUT2D eigenvalue weighted by molar-refractivity contribution is 6.15. The number of hydrogen-bond donors (Lipinski definition) is 1. The van der Waals surface area contributed by atoms with Crippen LogP contribution in [-0.2, 0) is 6.61 Å². The Labute approximate surface area is 191 Å². The van der Waals surface area contributed by atoms with E-state index in [1.165, 1.54) is 12.1 Å². The van der Waals surface area contributed by atoms with Crippen molar-refractivity contribution >= 4 is 11.6 Å². The van der Waals surface area contributed by atoms with Gasteiger partial charge in [0.2, 0.25) is 0 Å². The zero-order valence-corrected chi connectivity index (χ0v) is 17.6. The average molecular weight is 433 g/mol. The van der Waals surface area contributed by atoms with E-state index in [0.29, 0.717) is 16.7 Å². The molecule has 0 bridgehead atoms. The third kappa shape index (κ3) is 4.81. The number of ketones is 2. The normalized spacial score (nSPS) is 10.3. The molecule has 0 aliphatic heterocycles. The summed E-state index contributed by atoms with van der Waals surface area (Å²) >= 11 is 0. The van der Waals surface area contributed by atoms with E-state index in [1.54, 1.807) is 84.9 Å². The number of phenols is 1. The second kappa shape index (κ2) is 9.63. The number of carbonyl (C=O) groups excluding carboxylic acids is 2. The van der Waals surface area contributed by atoms with Crippen LogP contribution in [0.3, 0.4) is 0 Å². The average Bonchev–Trinajstić information content (AvgIpc) is 2.88. The molecule has 4 aromatic rings. The summed E-state index contributed by atoms with van der Waals surface area (Å²) in [6.07, 6.45) is 0. The Hall–Kier alpha value is -4.69. The Bertz CT molecular complexity index is 1340. The molecule has 1 N–H and O–H groups in total. The number of ether oxygens (including phenoxy) is 1. The van der Waals surface area contributed by atoms with E-state index in [1.807, 2.05) is 0 Å². The monoisotopic (exact) mass is 433 g/mol. The Morgan fingerprint density at radius 3 is 1.85 bits per heavy atom. The fourth-order valence-corrected chi connectivity index (χ4v) is 3.37. The van der Waals surface area contributed by atoms with Gasteiger partial charge in [-0.15, -0.1) is 0 Å². The Kier molecular flexibility index (Phi) is 6.28. The molecule has 0 saturated heterocycles. The summed E-state index contributed by atoms with van der Waals surface area (Å²) in [6, 6.07) is 28.8. The summed E-state index contributed by atoms with van der Waals surface area (Å²) in [5, 5.41) is 19.6. The second-order valence-corrected chi connectivity index (χ2v) is 7.35. The largest absolute Gasteiger partial charge is 0.507 e. The number of carbonyl (C=O) groups is 2. The van der Waals surface area contributed by atoms with Gasteiger partial charge >= 0.3 is 0 Å². The van der Waals surface area contributed by atoms with Crippen LogP contribution in [0.4, 0.5) is 0 Å². The lowest BCUT2D eigenvalue weighted by atomic mass is 9.95. The maximum absolute atomic E-state index is 13.3. The molecule has 0 heterocycles. The van der Waals surface area contributed by atoms with E-state index < -0.39 is 5.78 Å². The van der Waals surface area contributed by atoms with Gasteiger partial charge in [-0.2, -0.15) is 5.26 Å². The maximum Gasteiger partial charge on any atom is 0.196 e. The topological polar surface area (TPSA) is 87.4 Å². The highest BCUT2D eigenvalue weighted by Crippen LogP contribution is 2.32. The molecule has 0 aliphatic carbocycles. The third-order valence-corrected chi connectivity index (χ3v) is 5.14. The van der Waals surface area contributed by atoms with Crippen LogP contribution < -0.4 is 4.74 Å². The van der Waals surface area contributed by atoms with Crippen molar-refractivity contribution in [3.05, 3.63) is 130 Å². The lowest BCUT2D eigenvalue weighted by Crippen LogP contribution is -2.09. The second-order valence-electron chi connectivity index (χ2n) is 7.35. The van der Waals surface area contributed by atoms with Crippen LogP contribution >= 0.6 is 0 Å². The first-order chi connectivity index (χ1) is 16.1. The van der Waals surface area contributed by atoms with E-state index >= 15 is 0 Å². The number of phenolic OH excluding ortho intramolecular Hbond substituents is 1. The molecule has 5 heteroatoms. The predicted molar refractivity (Wildman–Crippen MR) is 123 cm³/mol. The number of nitrogens with zero attached hydrogens (tertiary/aromatic N) is 1. The summed E-state index contributed by atoms with van der Waals surface area (Å²) < 4.78 is 5.89. The van der Waals surface area contributed by atoms with Crippen LogP contribution in [0.5, 0.6) is 11.5 Å². The zero-order chi connectivity index (χ0) is 23.2. The molecule has 4 aromatic carbocycles. The van der Waals surface area contributed by atoms with Crippen molar-refractivity contribution in [2.24, 2.45) is 0 Å². The molecule has 0 atom stereocenters. The van der Waals surface area contributed by atoms with Crippen molar-refractivity contribution in [2.75, 3.05) is 0 Å². The molecule has 0 saturated carbocycles. The van der Waals surface area contributed by atoms with E-state index in [0.717, 1.165) is 5.56 Å². The van der Waals surface area contributed by atoms with Gasteiger partial charge in [-0.1, -0.05) is 72.8 Å². The Morgan fingerprint density at radius 1 is 0.758 bits per heavy atom. The zero-order valence-electron chi connectivity index (χ0n) is 17.6. The quantitative estimate of drug-likeness (QED) is 0.399.